The molecule has 4 atom stereocenters. The predicted octanol–water partition coefficient (Wildman–Crippen LogP) is 0.257. The Kier molecular flexibility index (Phi) is 6.56. The van der Waals surface area contributed by atoms with Crippen LogP contribution < -0.4 is 5.32 Å². The predicted molar refractivity (Wildman–Crippen MR) is 91.7 cm³/mol. The number of amides is 1. The fourth-order valence-corrected chi connectivity index (χ4v) is 3.58. The monoisotopic (exact) mass is 404 g/mol. The Morgan fingerprint density at radius 1 is 1.18 bits per heavy atom. The van der Waals surface area contributed by atoms with Crippen molar-refractivity contribution < 1.29 is 37.7 Å². The molecule has 2 aliphatic rings. The number of rotatable bonds is 5. The van der Waals surface area contributed by atoms with Crippen LogP contribution in [0.4, 0.5) is 13.2 Å². The van der Waals surface area contributed by atoms with E-state index in [0.717, 1.165) is 24.3 Å². The van der Waals surface area contributed by atoms with Gasteiger partial charge in [0.2, 0.25) is 0 Å². The van der Waals surface area contributed by atoms with Crippen molar-refractivity contribution in [3.05, 3.63) is 35.4 Å². The first kappa shape index (κ1) is 21.0. The normalized spacial score (nSPS) is 29.0. The smallest absolute Gasteiger partial charge is 0.394 e. The van der Waals surface area contributed by atoms with Crippen molar-refractivity contribution in [1.82, 2.24) is 10.2 Å². The zero-order valence-corrected chi connectivity index (χ0v) is 15.1. The number of carbonyl (C=O) groups is 1. The molecule has 1 aromatic rings. The summed E-state index contributed by atoms with van der Waals surface area (Å²) in [5, 5.41) is 22.5. The van der Waals surface area contributed by atoms with E-state index < -0.39 is 42.0 Å². The van der Waals surface area contributed by atoms with Gasteiger partial charge in [-0.25, -0.2) is 0 Å². The average Bonchev–Trinajstić information content (AvgIpc) is 3.01. The minimum atomic E-state index is -4.46. The summed E-state index contributed by atoms with van der Waals surface area (Å²) in [5.41, 5.74) is -0.738. The summed E-state index contributed by atoms with van der Waals surface area (Å²) in [6, 6.07) is 3.50. The van der Waals surface area contributed by atoms with E-state index in [1.807, 2.05) is 4.90 Å². The highest BCUT2D eigenvalue weighted by atomic mass is 19.4. The van der Waals surface area contributed by atoms with E-state index in [4.69, 9.17) is 9.47 Å². The van der Waals surface area contributed by atoms with Gasteiger partial charge in [-0.15, -0.1) is 0 Å². The number of nitrogens with zero attached hydrogens (tertiary/aromatic N) is 1. The Hall–Kier alpha value is -1.72. The molecule has 156 valence electrons. The zero-order chi connectivity index (χ0) is 20.3. The minimum Gasteiger partial charge on any atom is -0.394 e. The van der Waals surface area contributed by atoms with Gasteiger partial charge in [-0.1, -0.05) is 0 Å². The number of aliphatic hydroxyl groups excluding tert-OH is 2. The molecule has 0 saturated carbocycles. The summed E-state index contributed by atoms with van der Waals surface area (Å²) in [6.07, 6.45) is -6.71. The number of aliphatic hydroxyl groups is 2. The van der Waals surface area contributed by atoms with Gasteiger partial charge in [0.1, 0.15) is 12.2 Å². The molecule has 1 aromatic carbocycles. The third-order valence-electron chi connectivity index (χ3n) is 5.05. The van der Waals surface area contributed by atoms with Gasteiger partial charge >= 0.3 is 6.18 Å². The van der Waals surface area contributed by atoms with Crippen molar-refractivity contribution in [2.45, 2.75) is 30.5 Å². The van der Waals surface area contributed by atoms with E-state index in [9.17, 15) is 28.2 Å². The van der Waals surface area contributed by atoms with Crippen LogP contribution in [0.2, 0.25) is 0 Å². The molecule has 1 amide bonds. The molecular weight excluding hydrogens is 381 g/mol. The molecule has 0 spiro atoms. The molecule has 0 aliphatic carbocycles. The Bertz CT molecular complexity index is 664. The van der Waals surface area contributed by atoms with Crippen LogP contribution in [0.1, 0.15) is 15.9 Å². The largest absolute Gasteiger partial charge is 0.416 e. The van der Waals surface area contributed by atoms with Gasteiger partial charge in [0.05, 0.1) is 37.5 Å². The summed E-state index contributed by atoms with van der Waals surface area (Å²) in [4.78, 5) is 14.3. The van der Waals surface area contributed by atoms with Gasteiger partial charge < -0.3 is 25.0 Å². The fraction of sp³-hybridized carbons (Fsp3) is 0.611. The first-order valence-corrected chi connectivity index (χ1v) is 9.03. The number of carbonyl (C=O) groups excluding carboxylic acids is 1. The molecule has 2 heterocycles. The van der Waals surface area contributed by atoms with Crippen molar-refractivity contribution in [2.75, 3.05) is 39.5 Å². The lowest BCUT2D eigenvalue weighted by Crippen LogP contribution is -2.54. The minimum absolute atomic E-state index is 0.0510. The lowest BCUT2D eigenvalue weighted by Gasteiger charge is -2.36. The van der Waals surface area contributed by atoms with Crippen LogP contribution in [0.3, 0.4) is 0 Å². The number of hydrogen-bond acceptors (Lipinski definition) is 6. The van der Waals surface area contributed by atoms with Crippen molar-refractivity contribution in [1.29, 1.82) is 0 Å². The maximum atomic E-state index is 12.6. The quantitative estimate of drug-likeness (QED) is 0.652. The number of alkyl halides is 3. The van der Waals surface area contributed by atoms with Crippen LogP contribution in [0.25, 0.3) is 0 Å². The molecule has 0 bridgehead atoms. The van der Waals surface area contributed by atoms with Crippen LogP contribution in [-0.4, -0.2) is 84.8 Å². The number of ether oxygens (including phenoxy) is 2. The van der Waals surface area contributed by atoms with E-state index >= 15 is 0 Å². The molecule has 3 N–H and O–H groups in total. The summed E-state index contributed by atoms with van der Waals surface area (Å²) in [7, 11) is 0. The summed E-state index contributed by atoms with van der Waals surface area (Å²) in [5.74, 6) is -0.542. The number of benzene rings is 1. The van der Waals surface area contributed by atoms with Crippen molar-refractivity contribution in [2.24, 2.45) is 0 Å². The number of hydrogen-bond donors (Lipinski definition) is 3. The second-order valence-corrected chi connectivity index (χ2v) is 6.81. The Balaban J connectivity index is 1.63. The molecule has 3 rings (SSSR count). The molecule has 4 unspecified atom stereocenters. The Labute approximate surface area is 160 Å². The number of nitrogens with one attached hydrogen (secondary N) is 1. The highest BCUT2D eigenvalue weighted by Gasteiger charge is 2.46. The molecule has 28 heavy (non-hydrogen) atoms. The van der Waals surface area contributed by atoms with Crippen LogP contribution in [0, 0.1) is 0 Å². The topological polar surface area (TPSA) is 91.3 Å². The molecule has 2 saturated heterocycles. The zero-order valence-electron chi connectivity index (χ0n) is 15.1. The van der Waals surface area contributed by atoms with Crippen molar-refractivity contribution >= 4 is 5.91 Å². The van der Waals surface area contributed by atoms with Gasteiger partial charge in [-0.05, 0) is 24.3 Å². The third-order valence-corrected chi connectivity index (χ3v) is 5.05. The standard InChI is InChI=1S/C18H23F3N2O5/c19-18(20,21)12-3-1-11(2-4-12)17(26)22-9-13-15(16(25)14(10-24)28-13)23-5-7-27-8-6-23/h1-4,13-16,24-25H,5-10H2,(H,22,26). The van der Waals surface area contributed by atoms with Gasteiger partial charge in [-0.3, -0.25) is 9.69 Å². The molecule has 2 fully saturated rings. The molecular formula is C18H23F3N2O5. The van der Waals surface area contributed by atoms with Gasteiger partial charge in [0, 0.05) is 25.2 Å². The Morgan fingerprint density at radius 2 is 1.82 bits per heavy atom. The van der Waals surface area contributed by atoms with E-state index in [1.54, 1.807) is 0 Å². The first-order valence-electron chi connectivity index (χ1n) is 9.03. The molecule has 10 heteroatoms. The maximum absolute atomic E-state index is 12.6. The van der Waals surface area contributed by atoms with E-state index in [2.05, 4.69) is 5.32 Å². The lowest BCUT2D eigenvalue weighted by molar-refractivity contribution is -0.137. The molecule has 0 aromatic heterocycles. The van der Waals surface area contributed by atoms with E-state index in [1.165, 1.54) is 0 Å². The van der Waals surface area contributed by atoms with Crippen LogP contribution >= 0.6 is 0 Å². The second kappa shape index (κ2) is 8.75. The second-order valence-electron chi connectivity index (χ2n) is 6.81. The van der Waals surface area contributed by atoms with Gasteiger partial charge in [0.25, 0.3) is 5.91 Å². The summed E-state index contributed by atoms with van der Waals surface area (Å²) >= 11 is 0. The molecule has 7 nitrogen and oxygen atoms in total. The SMILES string of the molecule is O=C(NCC1OC(CO)C(O)C1N1CCOCC1)c1ccc(C(F)(F)F)cc1. The number of halogens is 3. The van der Waals surface area contributed by atoms with Crippen LogP contribution in [0.15, 0.2) is 24.3 Å². The lowest BCUT2D eigenvalue weighted by atomic mass is 10.0. The van der Waals surface area contributed by atoms with Gasteiger partial charge in [-0.2, -0.15) is 13.2 Å². The average molecular weight is 404 g/mol. The summed E-state index contributed by atoms with van der Waals surface area (Å²) < 4.78 is 48.9. The molecule has 0 radical (unpaired) electrons. The number of morpholine rings is 1. The van der Waals surface area contributed by atoms with E-state index in [-0.39, 0.29) is 18.7 Å². The fourth-order valence-electron chi connectivity index (χ4n) is 3.58. The summed E-state index contributed by atoms with van der Waals surface area (Å²) in [6.45, 7) is 1.90. The van der Waals surface area contributed by atoms with Crippen molar-refractivity contribution in [3.63, 3.8) is 0 Å². The van der Waals surface area contributed by atoms with Crippen LogP contribution in [-0.2, 0) is 15.7 Å². The highest BCUT2D eigenvalue weighted by molar-refractivity contribution is 5.94. The Morgan fingerprint density at radius 3 is 2.39 bits per heavy atom. The highest BCUT2D eigenvalue weighted by Crippen LogP contribution is 2.29. The molecule has 2 aliphatic heterocycles. The van der Waals surface area contributed by atoms with Crippen LogP contribution in [0.5, 0.6) is 0 Å². The van der Waals surface area contributed by atoms with Crippen molar-refractivity contribution in [3.8, 4) is 0 Å². The van der Waals surface area contributed by atoms with Gasteiger partial charge in [0.15, 0.2) is 0 Å². The first-order chi connectivity index (χ1) is 13.3. The third kappa shape index (κ3) is 4.64. The van der Waals surface area contributed by atoms with E-state index in [0.29, 0.717) is 26.3 Å². The maximum Gasteiger partial charge on any atom is 0.416 e.